The Bertz CT molecular complexity index is 859. The first-order chi connectivity index (χ1) is 10.4. The second kappa shape index (κ2) is 5.14. The number of hydrogen-bond donors (Lipinski definition) is 2. The van der Waals surface area contributed by atoms with E-state index in [1.165, 1.54) is 0 Å². The number of rotatable bonds is 3. The molecule has 0 saturated carbocycles. The second-order valence-electron chi connectivity index (χ2n) is 5.38. The molecule has 114 valence electrons. The van der Waals surface area contributed by atoms with Crippen LogP contribution in [-0.4, -0.2) is 14.3 Å². The number of nitrogens with one attached hydrogen (secondary N) is 2. The number of amides is 1. The Hall–Kier alpha value is -2.34. The smallest absolute Gasteiger partial charge is 0.262 e. The number of carbonyl (C=O) groups is 1. The SMILES string of the molecule is Cc1ccccc1S(=O)(=O)Nc1ccc2c(c1)C(C)C(=O)N2. The Morgan fingerprint density at radius 2 is 1.86 bits per heavy atom. The molecule has 2 N–H and O–H groups in total. The average Bonchev–Trinajstić information content (AvgIpc) is 2.74. The standard InChI is InChI=1S/C16H16N2O3S/c1-10-5-3-4-6-15(10)22(20,21)18-12-7-8-14-13(9-12)11(2)16(19)17-14/h3-9,11,18H,1-2H3,(H,17,19). The molecule has 0 bridgehead atoms. The first-order valence-corrected chi connectivity index (χ1v) is 8.40. The van der Waals surface area contributed by atoms with Crippen LogP contribution in [0.25, 0.3) is 0 Å². The molecule has 1 atom stereocenters. The highest BCUT2D eigenvalue weighted by Gasteiger charge is 2.27. The normalized spacial score (nSPS) is 17.0. The van der Waals surface area contributed by atoms with Crippen LogP contribution in [0, 0.1) is 6.92 Å². The largest absolute Gasteiger partial charge is 0.325 e. The molecule has 1 aliphatic heterocycles. The summed E-state index contributed by atoms with van der Waals surface area (Å²) in [6, 6.07) is 11.9. The van der Waals surface area contributed by atoms with Crippen molar-refractivity contribution in [3.63, 3.8) is 0 Å². The molecular formula is C16H16N2O3S. The molecule has 2 aromatic rings. The molecule has 1 heterocycles. The third-order valence-corrected chi connectivity index (χ3v) is 5.35. The maximum Gasteiger partial charge on any atom is 0.262 e. The van der Waals surface area contributed by atoms with E-state index in [9.17, 15) is 13.2 Å². The van der Waals surface area contributed by atoms with Crippen molar-refractivity contribution < 1.29 is 13.2 Å². The third kappa shape index (κ3) is 2.46. The first-order valence-electron chi connectivity index (χ1n) is 6.92. The van der Waals surface area contributed by atoms with Crippen molar-refractivity contribution >= 4 is 27.3 Å². The van der Waals surface area contributed by atoms with Crippen LogP contribution in [0.2, 0.25) is 0 Å². The molecule has 1 unspecified atom stereocenters. The number of fused-ring (bicyclic) bond motifs is 1. The van der Waals surface area contributed by atoms with Crippen LogP contribution in [0.3, 0.4) is 0 Å². The van der Waals surface area contributed by atoms with Crippen LogP contribution in [0.15, 0.2) is 47.4 Å². The van der Waals surface area contributed by atoms with Crippen molar-refractivity contribution in [3.8, 4) is 0 Å². The number of benzene rings is 2. The Kier molecular flexibility index (Phi) is 3.41. The zero-order chi connectivity index (χ0) is 15.9. The lowest BCUT2D eigenvalue weighted by Gasteiger charge is -2.11. The zero-order valence-electron chi connectivity index (χ0n) is 12.3. The second-order valence-corrected chi connectivity index (χ2v) is 7.03. The molecule has 22 heavy (non-hydrogen) atoms. The van der Waals surface area contributed by atoms with Crippen molar-refractivity contribution in [2.75, 3.05) is 10.0 Å². The molecule has 0 spiro atoms. The van der Waals surface area contributed by atoms with Crippen molar-refractivity contribution in [2.24, 2.45) is 0 Å². The molecule has 5 nitrogen and oxygen atoms in total. The summed E-state index contributed by atoms with van der Waals surface area (Å²) in [6.45, 7) is 3.54. The van der Waals surface area contributed by atoms with Crippen LogP contribution in [-0.2, 0) is 14.8 Å². The van der Waals surface area contributed by atoms with Crippen LogP contribution in [0.5, 0.6) is 0 Å². The van der Waals surface area contributed by atoms with E-state index in [0.717, 1.165) is 11.3 Å². The monoisotopic (exact) mass is 316 g/mol. The summed E-state index contributed by atoms with van der Waals surface area (Å²) in [5, 5.41) is 2.76. The summed E-state index contributed by atoms with van der Waals surface area (Å²) in [4.78, 5) is 11.9. The highest BCUT2D eigenvalue weighted by molar-refractivity contribution is 7.92. The number of hydrogen-bond acceptors (Lipinski definition) is 3. The molecule has 2 aromatic carbocycles. The quantitative estimate of drug-likeness (QED) is 0.914. The fraction of sp³-hybridized carbons (Fsp3) is 0.188. The zero-order valence-corrected chi connectivity index (χ0v) is 13.1. The molecule has 1 amide bonds. The Balaban J connectivity index is 1.95. The number of aryl methyl sites for hydroxylation is 1. The molecule has 3 rings (SSSR count). The Morgan fingerprint density at radius 1 is 1.14 bits per heavy atom. The lowest BCUT2D eigenvalue weighted by atomic mass is 10.0. The summed E-state index contributed by atoms with van der Waals surface area (Å²) in [5.41, 5.74) is 2.66. The topological polar surface area (TPSA) is 75.3 Å². The van der Waals surface area contributed by atoms with Crippen LogP contribution in [0.4, 0.5) is 11.4 Å². The molecule has 0 aromatic heterocycles. The van der Waals surface area contributed by atoms with Crippen molar-refractivity contribution in [1.29, 1.82) is 0 Å². The molecule has 1 aliphatic rings. The molecule has 6 heteroatoms. The van der Waals surface area contributed by atoms with Gasteiger partial charge in [-0.05, 0) is 49.2 Å². The fourth-order valence-corrected chi connectivity index (χ4v) is 3.85. The Labute approximate surface area is 129 Å². The minimum Gasteiger partial charge on any atom is -0.325 e. The maximum atomic E-state index is 12.5. The van der Waals surface area contributed by atoms with Gasteiger partial charge >= 0.3 is 0 Å². The van der Waals surface area contributed by atoms with Gasteiger partial charge in [-0.15, -0.1) is 0 Å². The third-order valence-electron chi connectivity index (χ3n) is 3.80. The van der Waals surface area contributed by atoms with E-state index in [1.54, 1.807) is 56.3 Å². The van der Waals surface area contributed by atoms with E-state index < -0.39 is 10.0 Å². The highest BCUT2D eigenvalue weighted by atomic mass is 32.2. The average molecular weight is 316 g/mol. The van der Waals surface area contributed by atoms with Gasteiger partial charge in [0.2, 0.25) is 5.91 Å². The van der Waals surface area contributed by atoms with Gasteiger partial charge in [-0.25, -0.2) is 8.42 Å². The summed E-state index contributed by atoms with van der Waals surface area (Å²) in [5.74, 6) is -0.355. The predicted octanol–water partition coefficient (Wildman–Crippen LogP) is 2.85. The van der Waals surface area contributed by atoms with E-state index in [-0.39, 0.29) is 16.7 Å². The van der Waals surface area contributed by atoms with Crippen molar-refractivity contribution in [1.82, 2.24) is 0 Å². The van der Waals surface area contributed by atoms with E-state index >= 15 is 0 Å². The maximum absolute atomic E-state index is 12.5. The van der Waals surface area contributed by atoms with Crippen molar-refractivity contribution in [2.45, 2.75) is 24.7 Å². The number of anilines is 2. The number of carbonyl (C=O) groups excluding carboxylic acids is 1. The molecule has 0 saturated heterocycles. The van der Waals surface area contributed by atoms with Crippen LogP contribution >= 0.6 is 0 Å². The van der Waals surface area contributed by atoms with Gasteiger partial charge in [-0.2, -0.15) is 0 Å². The highest BCUT2D eigenvalue weighted by Crippen LogP contribution is 2.34. The summed E-state index contributed by atoms with van der Waals surface area (Å²) >= 11 is 0. The van der Waals surface area contributed by atoms with Crippen LogP contribution in [0.1, 0.15) is 24.0 Å². The summed E-state index contributed by atoms with van der Waals surface area (Å²) < 4.78 is 27.5. The molecule has 0 radical (unpaired) electrons. The molecule has 0 fully saturated rings. The Morgan fingerprint density at radius 3 is 2.59 bits per heavy atom. The number of sulfonamides is 1. The first kappa shape index (κ1) is 14.6. The predicted molar refractivity (Wildman–Crippen MR) is 85.5 cm³/mol. The van der Waals surface area contributed by atoms with Gasteiger partial charge in [-0.3, -0.25) is 9.52 Å². The van der Waals surface area contributed by atoms with Gasteiger partial charge in [0.25, 0.3) is 10.0 Å². The van der Waals surface area contributed by atoms with Gasteiger partial charge < -0.3 is 5.32 Å². The van der Waals surface area contributed by atoms with Gasteiger partial charge in [0.15, 0.2) is 0 Å². The molecule has 0 aliphatic carbocycles. The van der Waals surface area contributed by atoms with E-state index in [1.807, 2.05) is 0 Å². The lowest BCUT2D eigenvalue weighted by molar-refractivity contribution is -0.116. The van der Waals surface area contributed by atoms with E-state index in [0.29, 0.717) is 11.3 Å². The fourth-order valence-electron chi connectivity index (χ4n) is 2.55. The van der Waals surface area contributed by atoms with Gasteiger partial charge in [-0.1, -0.05) is 18.2 Å². The lowest BCUT2D eigenvalue weighted by Crippen LogP contribution is -2.14. The van der Waals surface area contributed by atoms with E-state index in [2.05, 4.69) is 10.0 Å². The van der Waals surface area contributed by atoms with Gasteiger partial charge in [0.1, 0.15) is 0 Å². The van der Waals surface area contributed by atoms with Gasteiger partial charge in [0.05, 0.1) is 10.8 Å². The van der Waals surface area contributed by atoms with Gasteiger partial charge in [0, 0.05) is 11.4 Å². The summed E-state index contributed by atoms with van der Waals surface area (Å²) in [7, 11) is -3.65. The minimum atomic E-state index is -3.65. The van der Waals surface area contributed by atoms with Crippen molar-refractivity contribution in [3.05, 3.63) is 53.6 Å². The van der Waals surface area contributed by atoms with Crippen LogP contribution < -0.4 is 10.0 Å². The summed E-state index contributed by atoms with van der Waals surface area (Å²) in [6.07, 6.45) is 0. The minimum absolute atomic E-state index is 0.0751. The van der Waals surface area contributed by atoms with E-state index in [4.69, 9.17) is 0 Å². The molecular weight excluding hydrogens is 300 g/mol.